The van der Waals surface area contributed by atoms with E-state index >= 15 is 0 Å². The molecule has 0 radical (unpaired) electrons. The fourth-order valence-electron chi connectivity index (χ4n) is 5.25. The summed E-state index contributed by atoms with van der Waals surface area (Å²) in [4.78, 5) is 0. The van der Waals surface area contributed by atoms with E-state index in [1.165, 1.54) is 38.6 Å². The van der Waals surface area contributed by atoms with Crippen LogP contribution >= 0.6 is 0 Å². The molecule has 108 valence electrons. The lowest BCUT2D eigenvalue weighted by molar-refractivity contribution is 0.246. The molecule has 0 aromatic rings. The molecule has 3 aliphatic carbocycles. The van der Waals surface area contributed by atoms with E-state index in [1.807, 2.05) is 0 Å². The highest BCUT2D eigenvalue weighted by Crippen LogP contribution is 2.49. The van der Waals surface area contributed by atoms with Gasteiger partial charge in [-0.15, -0.1) is 0 Å². The van der Waals surface area contributed by atoms with Gasteiger partial charge in [0, 0.05) is 6.04 Å². The van der Waals surface area contributed by atoms with Gasteiger partial charge >= 0.3 is 0 Å². The largest absolute Gasteiger partial charge is 0.314 e. The van der Waals surface area contributed by atoms with E-state index in [2.05, 4.69) is 32.2 Å². The molecule has 1 nitrogen and oxygen atoms in total. The minimum atomic E-state index is 0.747. The summed E-state index contributed by atoms with van der Waals surface area (Å²) in [5.74, 6) is 4.79. The number of allylic oxidation sites excluding steroid dienone is 2. The van der Waals surface area contributed by atoms with Crippen LogP contribution in [-0.2, 0) is 0 Å². The van der Waals surface area contributed by atoms with Gasteiger partial charge in [-0.05, 0) is 82.1 Å². The van der Waals surface area contributed by atoms with Crippen LogP contribution in [0.5, 0.6) is 0 Å². The number of hydrogen-bond acceptors (Lipinski definition) is 1. The Morgan fingerprint density at radius 1 is 1.26 bits per heavy atom. The zero-order valence-corrected chi connectivity index (χ0v) is 13.0. The molecule has 1 N–H and O–H groups in total. The first-order chi connectivity index (χ1) is 9.11. The Labute approximate surface area is 119 Å². The van der Waals surface area contributed by atoms with E-state index in [1.54, 1.807) is 12.0 Å². The molecule has 6 unspecified atom stereocenters. The zero-order chi connectivity index (χ0) is 13.4. The van der Waals surface area contributed by atoms with Crippen LogP contribution in [0.4, 0.5) is 0 Å². The molecule has 0 saturated heterocycles. The summed E-state index contributed by atoms with van der Waals surface area (Å²) >= 11 is 0. The molecule has 0 aliphatic heterocycles. The second-order valence-corrected chi connectivity index (χ2v) is 7.83. The molecule has 19 heavy (non-hydrogen) atoms. The minimum absolute atomic E-state index is 0.747. The lowest BCUT2D eigenvalue weighted by Gasteiger charge is -2.32. The van der Waals surface area contributed by atoms with Crippen molar-refractivity contribution >= 4 is 0 Å². The standard InChI is InChI=1S/C18H31N/c1-12-6-13(2)8-16(7-12)11-19-14(3)18-10-15-4-5-17(18)9-15/h6,12,14-19H,4-5,7-11H2,1-3H3. The van der Waals surface area contributed by atoms with Gasteiger partial charge < -0.3 is 5.32 Å². The fourth-order valence-corrected chi connectivity index (χ4v) is 5.25. The molecule has 6 atom stereocenters. The molecule has 2 saturated carbocycles. The average molecular weight is 261 g/mol. The third-order valence-electron chi connectivity index (χ3n) is 6.05. The maximum absolute atomic E-state index is 3.89. The number of nitrogens with one attached hydrogen (secondary N) is 1. The summed E-state index contributed by atoms with van der Waals surface area (Å²) in [5.41, 5.74) is 1.61. The van der Waals surface area contributed by atoms with E-state index in [0.29, 0.717) is 0 Å². The smallest absolute Gasteiger partial charge is 0.00698 e. The van der Waals surface area contributed by atoms with Crippen LogP contribution in [0.3, 0.4) is 0 Å². The first kappa shape index (κ1) is 13.7. The molecule has 1 heteroatoms. The van der Waals surface area contributed by atoms with E-state index < -0.39 is 0 Å². The first-order valence-corrected chi connectivity index (χ1v) is 8.52. The Kier molecular flexibility index (Phi) is 4.03. The second-order valence-electron chi connectivity index (χ2n) is 7.83. The predicted octanol–water partition coefficient (Wildman–Crippen LogP) is 4.39. The van der Waals surface area contributed by atoms with Crippen molar-refractivity contribution in [2.75, 3.05) is 6.54 Å². The van der Waals surface area contributed by atoms with E-state index in [-0.39, 0.29) is 0 Å². The maximum Gasteiger partial charge on any atom is 0.00698 e. The third-order valence-corrected chi connectivity index (χ3v) is 6.05. The Hall–Kier alpha value is -0.300. The van der Waals surface area contributed by atoms with Crippen LogP contribution in [0, 0.1) is 29.6 Å². The Balaban J connectivity index is 1.46. The number of rotatable bonds is 4. The van der Waals surface area contributed by atoms with Crippen molar-refractivity contribution < 1.29 is 0 Å². The molecule has 3 aliphatic rings. The molecule has 0 aromatic carbocycles. The van der Waals surface area contributed by atoms with Gasteiger partial charge in [-0.1, -0.05) is 25.0 Å². The van der Waals surface area contributed by atoms with Gasteiger partial charge in [0.25, 0.3) is 0 Å². The molecule has 0 amide bonds. The van der Waals surface area contributed by atoms with Gasteiger partial charge in [0.05, 0.1) is 0 Å². The minimum Gasteiger partial charge on any atom is -0.314 e. The summed E-state index contributed by atoms with van der Waals surface area (Å²) in [7, 11) is 0. The summed E-state index contributed by atoms with van der Waals surface area (Å²) in [5, 5.41) is 3.89. The van der Waals surface area contributed by atoms with E-state index in [4.69, 9.17) is 0 Å². The summed E-state index contributed by atoms with van der Waals surface area (Å²) in [6.45, 7) is 8.36. The topological polar surface area (TPSA) is 12.0 Å². The Morgan fingerprint density at radius 3 is 2.74 bits per heavy atom. The van der Waals surface area contributed by atoms with Gasteiger partial charge in [-0.25, -0.2) is 0 Å². The highest BCUT2D eigenvalue weighted by atomic mass is 14.9. The van der Waals surface area contributed by atoms with Gasteiger partial charge in [-0.3, -0.25) is 0 Å². The Bertz CT molecular complexity index is 346. The summed E-state index contributed by atoms with van der Waals surface area (Å²) < 4.78 is 0. The molecule has 3 rings (SSSR count). The average Bonchev–Trinajstić information content (AvgIpc) is 2.97. The molecule has 0 heterocycles. The quantitative estimate of drug-likeness (QED) is 0.740. The van der Waals surface area contributed by atoms with Crippen molar-refractivity contribution in [3.63, 3.8) is 0 Å². The van der Waals surface area contributed by atoms with Crippen molar-refractivity contribution in [1.82, 2.24) is 5.32 Å². The Morgan fingerprint density at radius 2 is 2.11 bits per heavy atom. The van der Waals surface area contributed by atoms with Crippen molar-refractivity contribution in [2.45, 2.75) is 65.3 Å². The number of hydrogen-bond donors (Lipinski definition) is 1. The van der Waals surface area contributed by atoms with E-state index in [9.17, 15) is 0 Å². The van der Waals surface area contributed by atoms with Crippen LogP contribution in [0.1, 0.15) is 59.3 Å². The van der Waals surface area contributed by atoms with Crippen LogP contribution in [0.15, 0.2) is 11.6 Å². The van der Waals surface area contributed by atoms with Crippen LogP contribution in [0.2, 0.25) is 0 Å². The van der Waals surface area contributed by atoms with Crippen molar-refractivity contribution in [3.8, 4) is 0 Å². The normalized spacial score (nSPS) is 43.3. The van der Waals surface area contributed by atoms with Crippen LogP contribution in [0.25, 0.3) is 0 Å². The zero-order valence-electron chi connectivity index (χ0n) is 13.0. The summed E-state index contributed by atoms with van der Waals surface area (Å²) in [6.07, 6.45) is 11.3. The lowest BCUT2D eigenvalue weighted by atomic mass is 9.82. The van der Waals surface area contributed by atoms with E-state index in [0.717, 1.165) is 35.6 Å². The van der Waals surface area contributed by atoms with Crippen LogP contribution < -0.4 is 5.32 Å². The SMILES string of the molecule is CC1=CC(C)CC(CNC(C)C2CC3CCC2C3)C1. The summed E-state index contributed by atoms with van der Waals surface area (Å²) in [6, 6.07) is 0.747. The molecule has 2 fully saturated rings. The molecular weight excluding hydrogens is 230 g/mol. The highest BCUT2D eigenvalue weighted by Gasteiger charge is 2.41. The van der Waals surface area contributed by atoms with Crippen LogP contribution in [-0.4, -0.2) is 12.6 Å². The maximum atomic E-state index is 3.89. The molecule has 2 bridgehead atoms. The predicted molar refractivity (Wildman–Crippen MR) is 82.0 cm³/mol. The van der Waals surface area contributed by atoms with Crippen molar-refractivity contribution in [3.05, 3.63) is 11.6 Å². The third kappa shape index (κ3) is 3.07. The van der Waals surface area contributed by atoms with Gasteiger partial charge in [0.15, 0.2) is 0 Å². The molecule has 0 aromatic heterocycles. The fraction of sp³-hybridized carbons (Fsp3) is 0.889. The van der Waals surface area contributed by atoms with Gasteiger partial charge in [0.1, 0.15) is 0 Å². The number of fused-ring (bicyclic) bond motifs is 2. The lowest BCUT2D eigenvalue weighted by Crippen LogP contribution is -2.39. The first-order valence-electron chi connectivity index (χ1n) is 8.52. The van der Waals surface area contributed by atoms with Gasteiger partial charge in [-0.2, -0.15) is 0 Å². The van der Waals surface area contributed by atoms with Gasteiger partial charge in [0.2, 0.25) is 0 Å². The van der Waals surface area contributed by atoms with Crippen molar-refractivity contribution in [2.24, 2.45) is 29.6 Å². The highest BCUT2D eigenvalue weighted by molar-refractivity contribution is 5.06. The van der Waals surface area contributed by atoms with Crippen molar-refractivity contribution in [1.29, 1.82) is 0 Å². The molecule has 0 spiro atoms. The second kappa shape index (κ2) is 5.60. The molecular formula is C18H31N. The monoisotopic (exact) mass is 261 g/mol.